The van der Waals surface area contributed by atoms with Crippen LogP contribution in [0.4, 0.5) is 17.6 Å². The monoisotopic (exact) mass is 390 g/mol. The molecule has 1 aliphatic rings. The summed E-state index contributed by atoms with van der Waals surface area (Å²) in [6.45, 7) is -0.184. The van der Waals surface area contributed by atoms with Gasteiger partial charge in [0, 0.05) is 0 Å². The van der Waals surface area contributed by atoms with Crippen molar-refractivity contribution in [1.82, 2.24) is 0 Å². The van der Waals surface area contributed by atoms with Crippen LogP contribution in [-0.4, -0.2) is 50.0 Å². The van der Waals surface area contributed by atoms with Crippen molar-refractivity contribution >= 4 is 17.8 Å². The van der Waals surface area contributed by atoms with Crippen molar-refractivity contribution in [3.05, 3.63) is 35.9 Å². The molecule has 1 aliphatic heterocycles. The minimum absolute atomic E-state index is 0.0842. The molecule has 0 radical (unpaired) electrons. The molecule has 0 aliphatic carbocycles. The Morgan fingerprint density at radius 2 is 1.92 bits per heavy atom. The molecule has 8 heteroatoms. The number of hydrogen-bond acceptors (Lipinski definition) is 4. The van der Waals surface area contributed by atoms with E-state index in [4.69, 9.17) is 14.2 Å². The highest BCUT2D eigenvalue weighted by atomic mass is 32.2. The maximum Gasteiger partial charge on any atom is 0.340 e. The molecule has 0 bridgehead atoms. The molecule has 0 saturated carbocycles. The second-order valence-electron chi connectivity index (χ2n) is 5.40. The number of allylic oxidation sites excluding steroid dienone is 1. The molecular weight excluding hydrogens is 372 g/mol. The van der Waals surface area contributed by atoms with E-state index < -0.39 is 25.2 Å². The number of thioether (sulfide) groups is 1. The molecule has 0 unspecified atom stereocenters. The predicted molar refractivity (Wildman–Crippen MR) is 92.7 cm³/mol. The molecule has 142 valence electrons. The summed E-state index contributed by atoms with van der Waals surface area (Å²) in [6, 6.07) is 6.05. The van der Waals surface area contributed by atoms with Gasteiger partial charge in [-0.3, -0.25) is 0 Å². The number of halogens is 4. The van der Waals surface area contributed by atoms with Crippen LogP contribution in [0.5, 0.6) is 5.75 Å². The van der Waals surface area contributed by atoms with Crippen molar-refractivity contribution in [1.29, 1.82) is 0 Å². The summed E-state index contributed by atoms with van der Waals surface area (Å²) >= 11 is 1.68. The zero-order chi connectivity index (χ0) is 19.0. The van der Waals surface area contributed by atoms with Crippen LogP contribution in [-0.2, 0) is 9.47 Å². The Labute approximate surface area is 153 Å². The molecule has 0 aromatic heterocycles. The average Bonchev–Trinajstić information content (AvgIpc) is 2.65. The van der Waals surface area contributed by atoms with E-state index in [0.29, 0.717) is 18.5 Å². The van der Waals surface area contributed by atoms with E-state index in [-0.39, 0.29) is 5.75 Å². The van der Waals surface area contributed by atoms with Gasteiger partial charge in [0.2, 0.25) is 6.29 Å². The van der Waals surface area contributed by atoms with E-state index in [1.807, 2.05) is 6.26 Å². The fourth-order valence-corrected chi connectivity index (χ4v) is 2.31. The molecule has 1 saturated heterocycles. The van der Waals surface area contributed by atoms with Crippen LogP contribution in [0.1, 0.15) is 5.56 Å². The van der Waals surface area contributed by atoms with E-state index in [2.05, 4.69) is 11.8 Å². The first kappa shape index (κ1) is 20.6. The summed E-state index contributed by atoms with van der Waals surface area (Å²) in [5.74, 6) is 1.54. The SMILES string of the molecule is CSC1COC(C#C/C=C/c2ccc(OCC(F)(F)C(F)F)cc2)OC1. The van der Waals surface area contributed by atoms with Crippen LogP contribution >= 0.6 is 11.8 Å². The van der Waals surface area contributed by atoms with Crippen molar-refractivity contribution in [2.75, 3.05) is 26.1 Å². The third-order valence-corrected chi connectivity index (χ3v) is 4.33. The Bertz CT molecular complexity index is 645. The summed E-state index contributed by atoms with van der Waals surface area (Å²) in [6.07, 6.45) is 1.00. The van der Waals surface area contributed by atoms with E-state index in [9.17, 15) is 17.6 Å². The molecule has 26 heavy (non-hydrogen) atoms. The summed E-state index contributed by atoms with van der Waals surface area (Å²) in [7, 11) is 0. The standard InChI is InChI=1S/C18H18F4O3S/c1-26-15-10-23-16(24-11-15)5-3-2-4-13-6-8-14(9-7-13)25-12-18(21,22)17(19)20/h2,4,6-9,15-17H,10-12H2,1H3/b4-2+. The van der Waals surface area contributed by atoms with Crippen LogP contribution in [0.2, 0.25) is 0 Å². The van der Waals surface area contributed by atoms with Crippen LogP contribution in [0, 0.1) is 11.8 Å². The van der Waals surface area contributed by atoms with Crippen LogP contribution in [0.3, 0.4) is 0 Å². The van der Waals surface area contributed by atoms with Gasteiger partial charge in [-0.1, -0.05) is 18.1 Å². The summed E-state index contributed by atoms with van der Waals surface area (Å²) < 4.78 is 65.3. The quantitative estimate of drug-likeness (QED) is 0.540. The maximum absolute atomic E-state index is 12.8. The molecule has 2 rings (SSSR count). The second-order valence-corrected chi connectivity index (χ2v) is 6.54. The number of rotatable bonds is 6. The van der Waals surface area contributed by atoms with Gasteiger partial charge in [0.15, 0.2) is 6.61 Å². The fraction of sp³-hybridized carbons (Fsp3) is 0.444. The zero-order valence-electron chi connectivity index (χ0n) is 14.0. The third kappa shape index (κ3) is 6.56. The first-order valence-corrected chi connectivity index (χ1v) is 9.02. The lowest BCUT2D eigenvalue weighted by atomic mass is 10.2. The Morgan fingerprint density at radius 3 is 2.50 bits per heavy atom. The normalized spacial score (nSPS) is 20.8. The molecule has 0 N–H and O–H groups in total. The molecular formula is C18H18F4O3S. The van der Waals surface area contributed by atoms with Crippen LogP contribution < -0.4 is 4.74 Å². The Kier molecular flexibility index (Phi) is 7.82. The van der Waals surface area contributed by atoms with Crippen molar-refractivity contribution < 1.29 is 31.8 Å². The first-order valence-electron chi connectivity index (χ1n) is 7.73. The molecule has 1 aromatic rings. The van der Waals surface area contributed by atoms with Gasteiger partial charge >= 0.3 is 12.3 Å². The number of alkyl halides is 4. The molecule has 0 amide bonds. The van der Waals surface area contributed by atoms with Crippen molar-refractivity contribution in [2.45, 2.75) is 23.9 Å². The summed E-state index contributed by atoms with van der Waals surface area (Å²) in [5, 5.41) is 0.324. The van der Waals surface area contributed by atoms with Crippen LogP contribution in [0.25, 0.3) is 6.08 Å². The van der Waals surface area contributed by atoms with E-state index >= 15 is 0 Å². The number of benzene rings is 1. The number of ether oxygens (including phenoxy) is 3. The predicted octanol–water partition coefficient (Wildman–Crippen LogP) is 4.09. The number of hydrogen-bond donors (Lipinski definition) is 0. The van der Waals surface area contributed by atoms with Gasteiger partial charge in [0.1, 0.15) is 5.75 Å². The van der Waals surface area contributed by atoms with E-state index in [0.717, 1.165) is 5.56 Å². The molecule has 0 spiro atoms. The molecule has 3 nitrogen and oxygen atoms in total. The van der Waals surface area contributed by atoms with Crippen molar-refractivity contribution in [3.8, 4) is 17.6 Å². The lowest BCUT2D eigenvalue weighted by Crippen LogP contribution is -2.33. The van der Waals surface area contributed by atoms with Gasteiger partial charge in [-0.2, -0.15) is 20.5 Å². The van der Waals surface area contributed by atoms with E-state index in [1.54, 1.807) is 36.0 Å². The Morgan fingerprint density at radius 1 is 1.27 bits per heavy atom. The van der Waals surface area contributed by atoms with Gasteiger partial charge in [-0.15, -0.1) is 0 Å². The average molecular weight is 390 g/mol. The van der Waals surface area contributed by atoms with Gasteiger partial charge in [0.25, 0.3) is 0 Å². The summed E-state index contributed by atoms with van der Waals surface area (Å²) in [4.78, 5) is 0. The lowest BCUT2D eigenvalue weighted by molar-refractivity contribution is -0.148. The molecule has 1 aromatic carbocycles. The zero-order valence-corrected chi connectivity index (χ0v) is 14.8. The highest BCUT2D eigenvalue weighted by Gasteiger charge is 2.41. The van der Waals surface area contributed by atoms with E-state index in [1.165, 1.54) is 12.1 Å². The third-order valence-electron chi connectivity index (χ3n) is 3.39. The smallest absolute Gasteiger partial charge is 0.340 e. The molecule has 0 atom stereocenters. The first-order chi connectivity index (χ1) is 12.4. The van der Waals surface area contributed by atoms with Crippen molar-refractivity contribution in [2.24, 2.45) is 0 Å². The fourth-order valence-electron chi connectivity index (χ4n) is 1.88. The molecule has 1 fully saturated rings. The molecule has 1 heterocycles. The summed E-state index contributed by atoms with van der Waals surface area (Å²) in [5.41, 5.74) is 0.750. The van der Waals surface area contributed by atoms with Gasteiger partial charge < -0.3 is 14.2 Å². The Hall–Kier alpha value is -1.69. The highest BCUT2D eigenvalue weighted by Crippen LogP contribution is 2.24. The van der Waals surface area contributed by atoms with Gasteiger partial charge in [-0.25, -0.2) is 8.78 Å². The maximum atomic E-state index is 12.8. The van der Waals surface area contributed by atoms with Gasteiger partial charge in [0.05, 0.1) is 18.5 Å². The lowest BCUT2D eigenvalue weighted by Gasteiger charge is -2.24. The highest BCUT2D eigenvalue weighted by molar-refractivity contribution is 7.99. The van der Waals surface area contributed by atoms with Crippen molar-refractivity contribution in [3.63, 3.8) is 0 Å². The largest absolute Gasteiger partial charge is 0.487 e. The minimum Gasteiger partial charge on any atom is -0.487 e. The minimum atomic E-state index is -4.17. The van der Waals surface area contributed by atoms with Gasteiger partial charge in [-0.05, 0) is 42.0 Å². The second kappa shape index (κ2) is 9.86. The Balaban J connectivity index is 1.80. The van der Waals surface area contributed by atoms with Crippen LogP contribution in [0.15, 0.2) is 30.3 Å². The topological polar surface area (TPSA) is 27.7 Å².